The molecule has 0 fully saturated rings. The third-order valence-corrected chi connectivity index (χ3v) is 6.34. The average molecular weight is 458 g/mol. The van der Waals surface area contributed by atoms with Crippen LogP contribution in [0.25, 0.3) is 22.3 Å². The Balaban J connectivity index is 1.38. The Kier molecular flexibility index (Phi) is 5.44. The van der Waals surface area contributed by atoms with Crippen LogP contribution in [-0.2, 0) is 6.18 Å². The topological polar surface area (TPSA) is 34.9 Å². The van der Waals surface area contributed by atoms with E-state index in [0.29, 0.717) is 11.1 Å². The van der Waals surface area contributed by atoms with Gasteiger partial charge in [0.2, 0.25) is 0 Å². The molecule has 2 heterocycles. The zero-order valence-corrected chi connectivity index (χ0v) is 18.4. The van der Waals surface area contributed by atoms with Crippen molar-refractivity contribution in [1.82, 2.24) is 9.55 Å². The molecule has 1 unspecified atom stereocenters. The molecular formula is C28H21F3N2O. The third kappa shape index (κ3) is 3.96. The molecule has 1 atom stereocenters. The summed E-state index contributed by atoms with van der Waals surface area (Å²) in [6.45, 7) is 2.05. The van der Waals surface area contributed by atoms with Crippen molar-refractivity contribution >= 4 is 16.9 Å². The van der Waals surface area contributed by atoms with Crippen LogP contribution < -0.4 is 0 Å². The molecule has 170 valence electrons. The van der Waals surface area contributed by atoms with Crippen molar-refractivity contribution in [1.29, 1.82) is 0 Å². The minimum absolute atomic E-state index is 0.00764. The number of imidazole rings is 1. The highest BCUT2D eigenvalue weighted by Gasteiger charge is 2.32. The Bertz CT molecular complexity index is 1370. The van der Waals surface area contributed by atoms with E-state index in [4.69, 9.17) is 0 Å². The molecule has 0 aliphatic carbocycles. The van der Waals surface area contributed by atoms with Crippen molar-refractivity contribution in [3.05, 3.63) is 114 Å². The lowest BCUT2D eigenvalue weighted by Gasteiger charge is -2.18. The fourth-order valence-electron chi connectivity index (χ4n) is 4.59. The molecule has 1 aromatic heterocycles. The van der Waals surface area contributed by atoms with Gasteiger partial charge in [0, 0.05) is 12.0 Å². The van der Waals surface area contributed by atoms with Gasteiger partial charge >= 0.3 is 6.18 Å². The summed E-state index contributed by atoms with van der Waals surface area (Å²) in [6.07, 6.45) is -0.498. The lowest BCUT2D eigenvalue weighted by molar-refractivity contribution is -0.137. The molecule has 6 heteroatoms. The SMILES string of the molecule is CC1=C(c2ccccc2)C(CC(=O)c2ccc(-c3ccc(C(F)(F)F)cc3)cc2)n2cncc21. The maximum absolute atomic E-state index is 13.2. The zero-order valence-electron chi connectivity index (χ0n) is 18.4. The Labute approximate surface area is 195 Å². The van der Waals surface area contributed by atoms with Gasteiger partial charge in [-0.05, 0) is 46.9 Å². The summed E-state index contributed by atoms with van der Waals surface area (Å²) in [6, 6.07) is 21.9. The second kappa shape index (κ2) is 8.45. The number of hydrogen-bond acceptors (Lipinski definition) is 2. The number of Topliss-reactive ketones (excluding diaryl/α,β-unsaturated/α-hetero) is 1. The van der Waals surface area contributed by atoms with E-state index in [0.717, 1.165) is 40.1 Å². The lowest BCUT2D eigenvalue weighted by atomic mass is 9.91. The van der Waals surface area contributed by atoms with Crippen molar-refractivity contribution in [3.63, 3.8) is 0 Å². The monoisotopic (exact) mass is 458 g/mol. The number of fused-ring (bicyclic) bond motifs is 1. The molecule has 0 saturated heterocycles. The first-order chi connectivity index (χ1) is 16.3. The predicted octanol–water partition coefficient (Wildman–Crippen LogP) is 7.33. The van der Waals surface area contributed by atoms with Crippen LogP contribution >= 0.6 is 0 Å². The van der Waals surface area contributed by atoms with Crippen LogP contribution in [0.5, 0.6) is 0 Å². The fraction of sp³-hybridized carbons (Fsp3) is 0.143. The third-order valence-electron chi connectivity index (χ3n) is 6.34. The molecule has 34 heavy (non-hydrogen) atoms. The van der Waals surface area contributed by atoms with Gasteiger partial charge in [0.15, 0.2) is 5.78 Å². The smallest absolute Gasteiger partial charge is 0.323 e. The number of rotatable bonds is 5. The van der Waals surface area contributed by atoms with Crippen molar-refractivity contribution in [2.75, 3.05) is 0 Å². The number of hydrogen-bond donors (Lipinski definition) is 0. The first-order valence-electron chi connectivity index (χ1n) is 10.9. The molecule has 5 rings (SSSR count). The number of aromatic nitrogens is 2. The highest BCUT2D eigenvalue weighted by molar-refractivity contribution is 6.01. The van der Waals surface area contributed by atoms with Crippen molar-refractivity contribution < 1.29 is 18.0 Å². The molecule has 3 aromatic carbocycles. The van der Waals surface area contributed by atoms with Crippen molar-refractivity contribution in [2.45, 2.75) is 25.6 Å². The van der Waals surface area contributed by atoms with E-state index in [1.54, 1.807) is 30.6 Å². The van der Waals surface area contributed by atoms with E-state index < -0.39 is 11.7 Å². The van der Waals surface area contributed by atoms with Gasteiger partial charge in [0.1, 0.15) is 0 Å². The van der Waals surface area contributed by atoms with E-state index in [-0.39, 0.29) is 18.2 Å². The Hall–Kier alpha value is -3.93. The number of benzene rings is 3. The highest BCUT2D eigenvalue weighted by atomic mass is 19.4. The molecule has 1 aliphatic rings. The largest absolute Gasteiger partial charge is 0.416 e. The van der Waals surface area contributed by atoms with E-state index >= 15 is 0 Å². The fourth-order valence-corrected chi connectivity index (χ4v) is 4.59. The predicted molar refractivity (Wildman–Crippen MR) is 126 cm³/mol. The second-order valence-corrected chi connectivity index (χ2v) is 8.39. The minimum Gasteiger partial charge on any atom is -0.323 e. The molecule has 0 radical (unpaired) electrons. The summed E-state index contributed by atoms with van der Waals surface area (Å²) in [4.78, 5) is 17.5. The summed E-state index contributed by atoms with van der Waals surface area (Å²) in [5.41, 5.74) is 5.62. The first-order valence-corrected chi connectivity index (χ1v) is 10.9. The van der Waals surface area contributed by atoms with Crippen LogP contribution in [0.4, 0.5) is 13.2 Å². The lowest BCUT2D eigenvalue weighted by Crippen LogP contribution is -2.13. The average Bonchev–Trinajstić information content (AvgIpc) is 3.42. The molecule has 4 aromatic rings. The van der Waals surface area contributed by atoms with Gasteiger partial charge in [-0.1, -0.05) is 66.7 Å². The van der Waals surface area contributed by atoms with Gasteiger partial charge in [0.25, 0.3) is 0 Å². The maximum atomic E-state index is 13.2. The molecule has 0 spiro atoms. The van der Waals surface area contributed by atoms with Gasteiger partial charge in [0.05, 0.1) is 29.8 Å². The summed E-state index contributed by atoms with van der Waals surface area (Å²) in [5.74, 6) is -0.00764. The van der Waals surface area contributed by atoms with E-state index in [1.807, 2.05) is 29.0 Å². The summed E-state index contributed by atoms with van der Waals surface area (Å²) < 4.78 is 40.5. The molecule has 1 aliphatic heterocycles. The number of halogens is 3. The Morgan fingerprint density at radius 1 is 0.882 bits per heavy atom. The van der Waals surface area contributed by atoms with Crippen LogP contribution in [0.3, 0.4) is 0 Å². The van der Waals surface area contributed by atoms with Crippen LogP contribution in [0.1, 0.15) is 46.6 Å². The minimum atomic E-state index is -4.37. The number of carbonyl (C=O) groups excluding carboxylic acids is 1. The van der Waals surface area contributed by atoms with Gasteiger partial charge < -0.3 is 4.57 Å². The van der Waals surface area contributed by atoms with Gasteiger partial charge in [-0.25, -0.2) is 4.98 Å². The Morgan fingerprint density at radius 2 is 1.50 bits per heavy atom. The summed E-state index contributed by atoms with van der Waals surface area (Å²) >= 11 is 0. The number of allylic oxidation sites excluding steroid dienone is 2. The molecule has 0 amide bonds. The van der Waals surface area contributed by atoms with Gasteiger partial charge in [-0.2, -0.15) is 13.2 Å². The van der Waals surface area contributed by atoms with Crippen LogP contribution in [0.15, 0.2) is 91.4 Å². The zero-order chi connectivity index (χ0) is 23.9. The van der Waals surface area contributed by atoms with E-state index in [1.165, 1.54) is 12.1 Å². The van der Waals surface area contributed by atoms with Gasteiger partial charge in [-0.15, -0.1) is 0 Å². The van der Waals surface area contributed by atoms with Crippen molar-refractivity contribution in [2.24, 2.45) is 0 Å². The quantitative estimate of drug-likeness (QED) is 0.294. The van der Waals surface area contributed by atoms with Crippen LogP contribution in [0, 0.1) is 0 Å². The standard InChI is InChI=1S/C28H21F3N2O/c1-18-25-16-32-17-33(25)24(27(18)22-5-3-2-4-6-22)15-26(34)21-9-7-19(8-10-21)20-11-13-23(14-12-20)28(29,30)31/h2-14,16-17,24H,15H2,1H3. The number of ketones is 1. The van der Waals surface area contributed by atoms with Crippen LogP contribution in [-0.4, -0.2) is 15.3 Å². The Morgan fingerprint density at radius 3 is 2.12 bits per heavy atom. The molecular weight excluding hydrogens is 437 g/mol. The molecule has 0 saturated carbocycles. The molecule has 3 nitrogen and oxygen atoms in total. The number of carbonyl (C=O) groups is 1. The first kappa shape index (κ1) is 21.9. The van der Waals surface area contributed by atoms with Crippen LogP contribution in [0.2, 0.25) is 0 Å². The molecule has 0 bridgehead atoms. The summed E-state index contributed by atoms with van der Waals surface area (Å²) in [5, 5.41) is 0. The second-order valence-electron chi connectivity index (χ2n) is 8.39. The highest BCUT2D eigenvalue weighted by Crippen LogP contribution is 2.44. The number of alkyl halides is 3. The van der Waals surface area contributed by atoms with E-state index in [2.05, 4.69) is 24.0 Å². The maximum Gasteiger partial charge on any atom is 0.416 e. The van der Waals surface area contributed by atoms with Crippen molar-refractivity contribution in [3.8, 4) is 11.1 Å². The van der Waals surface area contributed by atoms with E-state index in [9.17, 15) is 18.0 Å². The number of nitrogens with zero attached hydrogens (tertiary/aromatic N) is 2. The van der Waals surface area contributed by atoms with Gasteiger partial charge in [-0.3, -0.25) is 4.79 Å². The normalized spacial score (nSPS) is 15.5. The molecule has 0 N–H and O–H groups in total. The summed E-state index contributed by atoms with van der Waals surface area (Å²) in [7, 11) is 0.